The summed E-state index contributed by atoms with van der Waals surface area (Å²) in [6.45, 7) is 0. The number of aromatic hydroxyl groups is 1. The van der Waals surface area contributed by atoms with E-state index in [4.69, 9.17) is 11.6 Å². The number of amides is 1. The van der Waals surface area contributed by atoms with Gasteiger partial charge in [0.05, 0.1) is 5.02 Å². The summed E-state index contributed by atoms with van der Waals surface area (Å²) in [6, 6.07) is 13.0. The van der Waals surface area contributed by atoms with Crippen molar-refractivity contribution >= 4 is 23.2 Å². The van der Waals surface area contributed by atoms with Crippen LogP contribution in [0, 0.1) is 5.92 Å². The van der Waals surface area contributed by atoms with Crippen LogP contribution in [0.15, 0.2) is 42.5 Å². The van der Waals surface area contributed by atoms with Crippen LogP contribution in [-0.4, -0.2) is 11.0 Å². The van der Waals surface area contributed by atoms with Crippen molar-refractivity contribution in [2.24, 2.45) is 5.92 Å². The molecule has 0 bridgehead atoms. The van der Waals surface area contributed by atoms with Gasteiger partial charge in [-0.15, -0.1) is 0 Å². The molecule has 3 rings (SSSR count). The molecule has 1 aliphatic carbocycles. The number of benzene rings is 2. The topological polar surface area (TPSA) is 49.3 Å². The van der Waals surface area contributed by atoms with E-state index in [1.165, 1.54) is 17.2 Å². The Balaban J connectivity index is 1.70. The third-order valence-corrected chi connectivity index (χ3v) is 4.25. The smallest absolute Gasteiger partial charge is 0.227 e. The molecule has 1 aliphatic rings. The first-order valence-corrected chi connectivity index (χ1v) is 7.37. The fraction of sp³-hybridized carbons (Fsp3) is 0.235. The maximum atomic E-state index is 12.3. The monoisotopic (exact) mass is 301 g/mol. The van der Waals surface area contributed by atoms with Gasteiger partial charge in [-0.25, -0.2) is 0 Å². The van der Waals surface area contributed by atoms with E-state index in [2.05, 4.69) is 17.4 Å². The second kappa shape index (κ2) is 5.78. The molecule has 2 N–H and O–H groups in total. The summed E-state index contributed by atoms with van der Waals surface area (Å²) in [7, 11) is 0. The standard InChI is InChI=1S/C17H16ClNO2/c18-15-8-7-14(10-16(15)20)19-17(21)13-6-5-11-3-1-2-4-12(11)9-13/h1-4,7-8,10,13,20H,5-6,9H2,(H,19,21). The lowest BCUT2D eigenvalue weighted by molar-refractivity contribution is -0.120. The minimum Gasteiger partial charge on any atom is -0.506 e. The van der Waals surface area contributed by atoms with Crippen molar-refractivity contribution in [1.29, 1.82) is 0 Å². The number of phenols is 1. The van der Waals surface area contributed by atoms with Crippen LogP contribution in [0.3, 0.4) is 0 Å². The molecule has 2 aromatic carbocycles. The summed E-state index contributed by atoms with van der Waals surface area (Å²) in [5.74, 6) is -0.0626. The van der Waals surface area contributed by atoms with E-state index in [0.29, 0.717) is 5.69 Å². The lowest BCUT2D eigenvalue weighted by atomic mass is 9.83. The first kappa shape index (κ1) is 14.0. The summed E-state index contributed by atoms with van der Waals surface area (Å²) in [5, 5.41) is 12.7. The Morgan fingerprint density at radius 3 is 2.71 bits per heavy atom. The average molecular weight is 302 g/mol. The summed E-state index contributed by atoms with van der Waals surface area (Å²) in [5.41, 5.74) is 3.16. The summed E-state index contributed by atoms with van der Waals surface area (Å²) in [6.07, 6.45) is 2.55. The van der Waals surface area contributed by atoms with E-state index in [1.807, 2.05) is 12.1 Å². The van der Waals surface area contributed by atoms with E-state index in [1.54, 1.807) is 12.1 Å². The molecule has 1 amide bonds. The molecule has 0 aromatic heterocycles. The Morgan fingerprint density at radius 2 is 1.95 bits per heavy atom. The first-order chi connectivity index (χ1) is 10.1. The Hall–Kier alpha value is -2.00. The summed E-state index contributed by atoms with van der Waals surface area (Å²) >= 11 is 5.76. The largest absolute Gasteiger partial charge is 0.506 e. The molecule has 21 heavy (non-hydrogen) atoms. The van der Waals surface area contributed by atoms with Gasteiger partial charge in [0.2, 0.25) is 5.91 Å². The predicted molar refractivity (Wildman–Crippen MR) is 83.7 cm³/mol. The van der Waals surface area contributed by atoms with Crippen LogP contribution in [0.2, 0.25) is 5.02 Å². The molecule has 4 heteroatoms. The first-order valence-electron chi connectivity index (χ1n) is 6.99. The highest BCUT2D eigenvalue weighted by molar-refractivity contribution is 6.32. The minimum absolute atomic E-state index is 0.00812. The zero-order valence-electron chi connectivity index (χ0n) is 11.5. The van der Waals surface area contributed by atoms with Gasteiger partial charge >= 0.3 is 0 Å². The van der Waals surface area contributed by atoms with Gasteiger partial charge in [0.25, 0.3) is 0 Å². The molecule has 0 fully saturated rings. The lowest BCUT2D eigenvalue weighted by Gasteiger charge is -2.23. The molecule has 0 heterocycles. The van der Waals surface area contributed by atoms with Crippen molar-refractivity contribution in [3.05, 3.63) is 58.6 Å². The number of fused-ring (bicyclic) bond motifs is 1. The maximum absolute atomic E-state index is 12.3. The SMILES string of the molecule is O=C(Nc1ccc(Cl)c(O)c1)C1CCc2ccccc2C1. The van der Waals surface area contributed by atoms with E-state index in [-0.39, 0.29) is 22.6 Å². The second-order valence-corrected chi connectivity index (χ2v) is 5.77. The highest BCUT2D eigenvalue weighted by Gasteiger charge is 2.24. The highest BCUT2D eigenvalue weighted by Crippen LogP contribution is 2.29. The van der Waals surface area contributed by atoms with Crippen molar-refractivity contribution in [2.75, 3.05) is 5.32 Å². The van der Waals surface area contributed by atoms with Gasteiger partial charge in [-0.05, 0) is 42.5 Å². The van der Waals surface area contributed by atoms with Crippen LogP contribution in [0.5, 0.6) is 5.75 Å². The van der Waals surface area contributed by atoms with E-state index in [0.717, 1.165) is 19.3 Å². The van der Waals surface area contributed by atoms with E-state index < -0.39 is 0 Å². The molecule has 0 aliphatic heterocycles. The van der Waals surface area contributed by atoms with Crippen LogP contribution < -0.4 is 5.32 Å². The van der Waals surface area contributed by atoms with Crippen LogP contribution in [0.25, 0.3) is 0 Å². The fourth-order valence-electron chi connectivity index (χ4n) is 2.76. The molecular weight excluding hydrogens is 286 g/mol. The molecule has 3 nitrogen and oxygen atoms in total. The number of aryl methyl sites for hydroxylation is 1. The zero-order chi connectivity index (χ0) is 14.8. The number of halogens is 1. The van der Waals surface area contributed by atoms with Gasteiger partial charge in [0.1, 0.15) is 5.75 Å². The number of hydrogen-bond donors (Lipinski definition) is 2. The summed E-state index contributed by atoms with van der Waals surface area (Å²) in [4.78, 5) is 12.3. The molecule has 0 saturated heterocycles. The Labute approximate surface area is 128 Å². The van der Waals surface area contributed by atoms with Gasteiger partial charge < -0.3 is 10.4 Å². The second-order valence-electron chi connectivity index (χ2n) is 5.36. The van der Waals surface area contributed by atoms with Crippen molar-refractivity contribution in [3.8, 4) is 5.75 Å². The summed E-state index contributed by atoms with van der Waals surface area (Å²) < 4.78 is 0. The van der Waals surface area contributed by atoms with Crippen LogP contribution in [-0.2, 0) is 17.6 Å². The molecule has 2 aromatic rings. The average Bonchev–Trinajstić information content (AvgIpc) is 2.50. The van der Waals surface area contributed by atoms with Gasteiger partial charge in [0, 0.05) is 17.7 Å². The highest BCUT2D eigenvalue weighted by atomic mass is 35.5. The van der Waals surface area contributed by atoms with Gasteiger partial charge in [0.15, 0.2) is 0 Å². The molecule has 0 saturated carbocycles. The van der Waals surface area contributed by atoms with Gasteiger partial charge in [-0.3, -0.25) is 4.79 Å². The molecular formula is C17H16ClNO2. The van der Waals surface area contributed by atoms with E-state index in [9.17, 15) is 9.90 Å². The minimum atomic E-state index is -0.0299. The molecule has 0 spiro atoms. The number of hydrogen-bond acceptors (Lipinski definition) is 2. The number of rotatable bonds is 2. The van der Waals surface area contributed by atoms with Gasteiger partial charge in [-0.2, -0.15) is 0 Å². The van der Waals surface area contributed by atoms with Crippen LogP contribution in [0.1, 0.15) is 17.5 Å². The van der Waals surface area contributed by atoms with Crippen LogP contribution in [0.4, 0.5) is 5.69 Å². The fourth-order valence-corrected chi connectivity index (χ4v) is 2.87. The number of anilines is 1. The van der Waals surface area contributed by atoms with Crippen molar-refractivity contribution < 1.29 is 9.90 Å². The third kappa shape index (κ3) is 3.03. The van der Waals surface area contributed by atoms with Crippen LogP contribution >= 0.6 is 11.6 Å². The number of nitrogens with one attached hydrogen (secondary N) is 1. The van der Waals surface area contributed by atoms with Crippen molar-refractivity contribution in [2.45, 2.75) is 19.3 Å². The number of carbonyl (C=O) groups excluding carboxylic acids is 1. The number of phenolic OH excluding ortho intramolecular Hbond substituents is 1. The quantitative estimate of drug-likeness (QED) is 0.886. The Morgan fingerprint density at radius 1 is 1.19 bits per heavy atom. The predicted octanol–water partition coefficient (Wildman–Crippen LogP) is 3.79. The molecule has 1 unspecified atom stereocenters. The van der Waals surface area contributed by atoms with Gasteiger partial charge in [-0.1, -0.05) is 35.9 Å². The zero-order valence-corrected chi connectivity index (χ0v) is 12.2. The third-order valence-electron chi connectivity index (χ3n) is 3.93. The van der Waals surface area contributed by atoms with E-state index >= 15 is 0 Å². The lowest BCUT2D eigenvalue weighted by Crippen LogP contribution is -2.28. The molecule has 0 radical (unpaired) electrons. The Bertz CT molecular complexity index is 684. The normalized spacial score (nSPS) is 17.1. The number of carbonyl (C=O) groups is 1. The Kier molecular flexibility index (Phi) is 3.84. The molecule has 108 valence electrons. The van der Waals surface area contributed by atoms with Crippen molar-refractivity contribution in [1.82, 2.24) is 0 Å². The van der Waals surface area contributed by atoms with Crippen molar-refractivity contribution in [3.63, 3.8) is 0 Å². The molecule has 1 atom stereocenters. The maximum Gasteiger partial charge on any atom is 0.227 e.